The summed E-state index contributed by atoms with van der Waals surface area (Å²) in [5, 5.41) is 9.13. The van der Waals surface area contributed by atoms with Crippen LogP contribution in [0.4, 0.5) is 0 Å². The van der Waals surface area contributed by atoms with E-state index in [9.17, 15) is 13.2 Å². The molecule has 2 N–H and O–H groups in total. The van der Waals surface area contributed by atoms with Gasteiger partial charge < -0.3 is 9.84 Å². The first-order chi connectivity index (χ1) is 12.5. The van der Waals surface area contributed by atoms with E-state index in [1.165, 1.54) is 17.7 Å². The van der Waals surface area contributed by atoms with Gasteiger partial charge in [0.2, 0.25) is 10.0 Å². The largest absolute Gasteiger partial charge is 0.492 e. The molecule has 2 aromatic carbocycles. The first-order valence-corrected chi connectivity index (χ1v) is 10.1. The number of carboxylic acids is 1. The zero-order chi connectivity index (χ0) is 20.2. The Hall–Kier alpha value is -2.38. The molecule has 0 fully saturated rings. The van der Waals surface area contributed by atoms with Crippen molar-refractivity contribution in [2.75, 3.05) is 13.2 Å². The van der Waals surface area contributed by atoms with Crippen molar-refractivity contribution < 1.29 is 23.1 Å². The number of ether oxygens (including phenoxy) is 1. The van der Waals surface area contributed by atoms with E-state index >= 15 is 0 Å². The lowest BCUT2D eigenvalue weighted by molar-refractivity contribution is 0.0696. The van der Waals surface area contributed by atoms with Crippen LogP contribution in [0.2, 0.25) is 0 Å². The van der Waals surface area contributed by atoms with Crippen LogP contribution in [-0.4, -0.2) is 32.6 Å². The fourth-order valence-corrected chi connectivity index (χ4v) is 3.52. The average Bonchev–Trinajstić information content (AvgIpc) is 2.58. The summed E-state index contributed by atoms with van der Waals surface area (Å²) in [7, 11) is -3.81. The molecule has 27 heavy (non-hydrogen) atoms. The van der Waals surface area contributed by atoms with Crippen molar-refractivity contribution in [1.82, 2.24) is 4.72 Å². The quantitative estimate of drug-likeness (QED) is 0.706. The van der Waals surface area contributed by atoms with Gasteiger partial charge in [-0.3, -0.25) is 0 Å². The molecule has 0 saturated carbocycles. The molecule has 2 aromatic rings. The van der Waals surface area contributed by atoms with Gasteiger partial charge in [-0.25, -0.2) is 17.9 Å². The minimum absolute atomic E-state index is 0.0342. The molecule has 0 saturated heterocycles. The molecule has 0 aromatic heterocycles. The molecule has 0 amide bonds. The maximum absolute atomic E-state index is 12.3. The molecule has 0 radical (unpaired) electrons. The van der Waals surface area contributed by atoms with Crippen molar-refractivity contribution >= 4 is 16.0 Å². The highest BCUT2D eigenvalue weighted by atomic mass is 32.2. The first-order valence-electron chi connectivity index (χ1n) is 8.58. The van der Waals surface area contributed by atoms with E-state index in [0.29, 0.717) is 11.3 Å². The van der Waals surface area contributed by atoms with Crippen molar-refractivity contribution in [3.63, 3.8) is 0 Å². The first kappa shape index (κ1) is 20.9. The summed E-state index contributed by atoms with van der Waals surface area (Å²) in [5.41, 5.74) is 1.71. The standard InChI is InChI=1S/C20H25NO5S/c1-14-5-10-17(13-18(14)19(22)23)27(24,25)21-11-12-26-16-8-6-15(7-9-16)20(2,3)4/h5-10,13,21H,11-12H2,1-4H3,(H,22,23). The molecule has 146 valence electrons. The Morgan fingerprint density at radius 1 is 1.11 bits per heavy atom. The van der Waals surface area contributed by atoms with Crippen LogP contribution in [-0.2, 0) is 15.4 Å². The van der Waals surface area contributed by atoms with Crippen LogP contribution in [0.25, 0.3) is 0 Å². The van der Waals surface area contributed by atoms with Crippen LogP contribution in [0.1, 0.15) is 42.3 Å². The molecule has 0 aliphatic rings. The van der Waals surface area contributed by atoms with Gasteiger partial charge in [-0.1, -0.05) is 39.0 Å². The Morgan fingerprint density at radius 3 is 2.30 bits per heavy atom. The maximum atomic E-state index is 12.3. The van der Waals surface area contributed by atoms with E-state index < -0.39 is 16.0 Å². The topological polar surface area (TPSA) is 92.7 Å². The predicted molar refractivity (Wildman–Crippen MR) is 104 cm³/mol. The maximum Gasteiger partial charge on any atom is 0.335 e. The number of benzene rings is 2. The van der Waals surface area contributed by atoms with Gasteiger partial charge in [0, 0.05) is 6.54 Å². The van der Waals surface area contributed by atoms with E-state index in [0.717, 1.165) is 6.07 Å². The number of aryl methyl sites for hydroxylation is 1. The van der Waals surface area contributed by atoms with Gasteiger partial charge in [-0.05, 0) is 47.7 Å². The highest BCUT2D eigenvalue weighted by Gasteiger charge is 2.17. The van der Waals surface area contributed by atoms with E-state index in [4.69, 9.17) is 9.84 Å². The lowest BCUT2D eigenvalue weighted by Gasteiger charge is -2.19. The van der Waals surface area contributed by atoms with Crippen molar-refractivity contribution in [3.05, 3.63) is 59.2 Å². The number of sulfonamides is 1. The fraction of sp³-hybridized carbons (Fsp3) is 0.350. The number of carboxylic acid groups (broad SMARTS) is 1. The second-order valence-electron chi connectivity index (χ2n) is 7.30. The monoisotopic (exact) mass is 391 g/mol. The normalized spacial score (nSPS) is 12.0. The van der Waals surface area contributed by atoms with Crippen molar-refractivity contribution in [3.8, 4) is 5.75 Å². The Balaban J connectivity index is 1.94. The van der Waals surface area contributed by atoms with Gasteiger partial charge in [-0.2, -0.15) is 0 Å². The van der Waals surface area contributed by atoms with Crippen LogP contribution in [0.15, 0.2) is 47.4 Å². The highest BCUT2D eigenvalue weighted by Crippen LogP contribution is 2.24. The summed E-state index contributed by atoms with van der Waals surface area (Å²) in [6.07, 6.45) is 0. The SMILES string of the molecule is Cc1ccc(S(=O)(=O)NCCOc2ccc(C(C)(C)C)cc2)cc1C(=O)O. The molecule has 2 rings (SSSR count). The van der Waals surface area contributed by atoms with Gasteiger partial charge >= 0.3 is 5.97 Å². The number of hydrogen-bond acceptors (Lipinski definition) is 4. The number of carbonyl (C=O) groups is 1. The third-order valence-corrected chi connectivity index (χ3v) is 5.59. The van der Waals surface area contributed by atoms with E-state index in [2.05, 4.69) is 25.5 Å². The Kier molecular flexibility index (Phi) is 6.28. The number of hydrogen-bond donors (Lipinski definition) is 2. The molecule has 0 spiro atoms. The lowest BCUT2D eigenvalue weighted by Crippen LogP contribution is -2.28. The van der Waals surface area contributed by atoms with Gasteiger partial charge in [0.15, 0.2) is 0 Å². The summed E-state index contributed by atoms with van der Waals surface area (Å²) in [5.74, 6) is -0.503. The molecule has 0 aliphatic heterocycles. The minimum atomic E-state index is -3.81. The van der Waals surface area contributed by atoms with Gasteiger partial charge in [0.1, 0.15) is 12.4 Å². The molecule has 7 heteroatoms. The van der Waals surface area contributed by atoms with Crippen molar-refractivity contribution in [1.29, 1.82) is 0 Å². The number of nitrogens with one attached hydrogen (secondary N) is 1. The summed E-state index contributed by atoms with van der Waals surface area (Å²) in [6.45, 7) is 8.22. The molecule has 0 aliphatic carbocycles. The van der Waals surface area contributed by atoms with Crippen molar-refractivity contribution in [2.45, 2.75) is 38.0 Å². The van der Waals surface area contributed by atoms with Gasteiger partial charge in [0.25, 0.3) is 0 Å². The van der Waals surface area contributed by atoms with Crippen LogP contribution >= 0.6 is 0 Å². The Bertz CT molecular complexity index is 912. The second kappa shape index (κ2) is 8.10. The number of aromatic carboxylic acids is 1. The van der Waals surface area contributed by atoms with E-state index in [1.54, 1.807) is 6.92 Å². The summed E-state index contributed by atoms with van der Waals surface area (Å²) >= 11 is 0. The van der Waals surface area contributed by atoms with Crippen LogP contribution < -0.4 is 9.46 Å². The van der Waals surface area contributed by atoms with Crippen LogP contribution in [0, 0.1) is 6.92 Å². The van der Waals surface area contributed by atoms with Gasteiger partial charge in [0.05, 0.1) is 10.5 Å². The number of rotatable bonds is 7. The summed E-state index contributed by atoms with van der Waals surface area (Å²) in [4.78, 5) is 11.1. The van der Waals surface area contributed by atoms with E-state index in [1.807, 2.05) is 24.3 Å². The third-order valence-electron chi connectivity index (χ3n) is 4.13. The Labute approximate surface area is 160 Å². The zero-order valence-corrected chi connectivity index (χ0v) is 16.8. The molecule has 6 nitrogen and oxygen atoms in total. The van der Waals surface area contributed by atoms with Gasteiger partial charge in [-0.15, -0.1) is 0 Å². The molecule has 0 bridgehead atoms. The second-order valence-corrected chi connectivity index (χ2v) is 9.07. The predicted octanol–water partition coefficient (Wildman–Crippen LogP) is 3.35. The molecule has 0 atom stereocenters. The minimum Gasteiger partial charge on any atom is -0.492 e. The summed E-state index contributed by atoms with van der Waals surface area (Å²) < 4.78 is 32.6. The van der Waals surface area contributed by atoms with Crippen LogP contribution in [0.5, 0.6) is 5.75 Å². The smallest absolute Gasteiger partial charge is 0.335 e. The summed E-state index contributed by atoms with van der Waals surface area (Å²) in [6, 6.07) is 11.7. The molecule has 0 unspecified atom stereocenters. The van der Waals surface area contributed by atoms with E-state index in [-0.39, 0.29) is 29.0 Å². The molecular weight excluding hydrogens is 366 g/mol. The Morgan fingerprint density at radius 2 is 1.74 bits per heavy atom. The molecular formula is C20H25NO5S. The molecule has 0 heterocycles. The fourth-order valence-electron chi connectivity index (χ4n) is 2.48. The highest BCUT2D eigenvalue weighted by molar-refractivity contribution is 7.89. The zero-order valence-electron chi connectivity index (χ0n) is 15.9. The van der Waals surface area contributed by atoms with Crippen LogP contribution in [0.3, 0.4) is 0 Å². The lowest BCUT2D eigenvalue weighted by atomic mass is 9.87. The van der Waals surface area contributed by atoms with Crippen molar-refractivity contribution in [2.24, 2.45) is 0 Å². The third kappa shape index (κ3) is 5.55. The average molecular weight is 391 g/mol.